The molecule has 4 N–H and O–H groups in total. The Morgan fingerprint density at radius 3 is 2.57 bits per heavy atom. The van der Waals surface area contributed by atoms with E-state index in [0.717, 1.165) is 49.3 Å². The number of nitrogens with zero attached hydrogens (tertiary/aromatic N) is 7. The van der Waals surface area contributed by atoms with Crippen LogP contribution in [0.5, 0.6) is 5.75 Å². The third-order valence-electron chi connectivity index (χ3n) is 11.8. The van der Waals surface area contributed by atoms with E-state index in [0.29, 0.717) is 51.6 Å². The third-order valence-corrected chi connectivity index (χ3v) is 11.8. The second kappa shape index (κ2) is 19.0. The number of nitrogens with one attached hydrogen (secondary N) is 4. The van der Waals surface area contributed by atoms with E-state index in [-0.39, 0.29) is 88.5 Å². The standard InChI is InChI=1S/C44H49N11O8/c1-4-32-38-39(45-2)48-25-54(38)34-23-47-44(52-40(34)55(32)27-8-5-6-9-27)50-31-13-12-26(22-35(31)61-3)41(58)46-17-19-63-21-20-62-18-16-37(57)49-30-11-7-10-28-29(30)24-53(43(28)60)33-14-15-36(56)51-42(33)59/h7,10-13,22-23,25,27,32-33H,4-6,8-9,14-21,24H2,1,3H3,(H,46,58)(H,49,57)(H,47,50,52)(H,51,56,59)/t32-,33?/m1/s1. The Balaban J connectivity index is 0.771. The number of imide groups is 1. The highest BCUT2D eigenvalue weighted by atomic mass is 16.5. The maximum absolute atomic E-state index is 13.1. The van der Waals surface area contributed by atoms with Crippen LogP contribution in [0.4, 0.5) is 29.0 Å². The summed E-state index contributed by atoms with van der Waals surface area (Å²) in [5.74, 6) is 0.224. The van der Waals surface area contributed by atoms with Crippen LogP contribution in [0.1, 0.15) is 96.3 Å². The molecule has 328 valence electrons. The molecule has 0 spiro atoms. The van der Waals surface area contributed by atoms with Gasteiger partial charge in [0.2, 0.25) is 23.7 Å². The fraction of sp³-hybridized carbons (Fsp3) is 0.432. The molecule has 63 heavy (non-hydrogen) atoms. The van der Waals surface area contributed by atoms with E-state index in [1.54, 1.807) is 48.9 Å². The molecule has 5 heterocycles. The molecule has 2 atom stereocenters. The fourth-order valence-electron chi connectivity index (χ4n) is 8.80. The molecule has 1 saturated carbocycles. The summed E-state index contributed by atoms with van der Waals surface area (Å²) in [7, 11) is 1.53. The Bertz CT molecular complexity index is 2460. The maximum atomic E-state index is 13.1. The van der Waals surface area contributed by atoms with Gasteiger partial charge in [0, 0.05) is 47.9 Å². The molecule has 4 aromatic rings. The van der Waals surface area contributed by atoms with Gasteiger partial charge >= 0.3 is 0 Å². The quantitative estimate of drug-likeness (QED) is 0.0643. The zero-order valence-electron chi connectivity index (χ0n) is 35.1. The molecule has 4 aliphatic rings. The molecule has 19 heteroatoms. The number of piperidine rings is 1. The summed E-state index contributed by atoms with van der Waals surface area (Å²) >= 11 is 0. The minimum atomic E-state index is -0.745. The zero-order valence-corrected chi connectivity index (χ0v) is 35.1. The minimum Gasteiger partial charge on any atom is -0.495 e. The van der Waals surface area contributed by atoms with Crippen molar-refractivity contribution in [1.29, 1.82) is 0 Å². The van der Waals surface area contributed by atoms with Crippen molar-refractivity contribution in [1.82, 2.24) is 35.1 Å². The number of hydrogen-bond acceptors (Lipinski definition) is 13. The van der Waals surface area contributed by atoms with Gasteiger partial charge in [0.15, 0.2) is 12.1 Å². The van der Waals surface area contributed by atoms with Crippen LogP contribution >= 0.6 is 0 Å². The highest BCUT2D eigenvalue weighted by Gasteiger charge is 2.41. The maximum Gasteiger partial charge on any atom is 0.293 e. The number of methoxy groups -OCH3 is 1. The molecule has 0 radical (unpaired) electrons. The minimum absolute atomic E-state index is 0.0458. The Morgan fingerprint density at radius 2 is 1.81 bits per heavy atom. The van der Waals surface area contributed by atoms with Crippen LogP contribution in [0.25, 0.3) is 10.5 Å². The van der Waals surface area contributed by atoms with Gasteiger partial charge in [-0.2, -0.15) is 4.98 Å². The van der Waals surface area contributed by atoms with E-state index in [2.05, 4.69) is 47.9 Å². The van der Waals surface area contributed by atoms with E-state index >= 15 is 0 Å². The molecule has 19 nitrogen and oxygen atoms in total. The molecule has 1 aliphatic carbocycles. The molecular weight excluding hydrogens is 811 g/mol. The number of carbonyl (C=O) groups is 5. The van der Waals surface area contributed by atoms with Crippen LogP contribution < -0.4 is 30.9 Å². The average Bonchev–Trinajstić information content (AvgIpc) is 4.05. The van der Waals surface area contributed by atoms with Gasteiger partial charge in [-0.25, -0.2) is 4.98 Å². The lowest BCUT2D eigenvalue weighted by atomic mass is 10.0. The lowest BCUT2D eigenvalue weighted by Gasteiger charge is -2.42. The van der Waals surface area contributed by atoms with Gasteiger partial charge in [0.1, 0.15) is 17.5 Å². The molecular formula is C44H49N11O8. The molecule has 1 saturated heterocycles. The first kappa shape index (κ1) is 42.8. The van der Waals surface area contributed by atoms with Gasteiger partial charge in [-0.1, -0.05) is 32.4 Å². The first-order valence-electron chi connectivity index (χ1n) is 21.2. The summed E-state index contributed by atoms with van der Waals surface area (Å²) in [6.45, 7) is 11.1. The van der Waals surface area contributed by atoms with Gasteiger partial charge in [0.25, 0.3) is 17.6 Å². The van der Waals surface area contributed by atoms with Crippen LogP contribution in [-0.2, 0) is 30.4 Å². The zero-order chi connectivity index (χ0) is 44.0. The number of carbonyl (C=O) groups excluding carboxylic acids is 5. The van der Waals surface area contributed by atoms with Crippen molar-refractivity contribution in [3.8, 4) is 11.4 Å². The van der Waals surface area contributed by atoms with Gasteiger partial charge in [-0.05, 0) is 56.0 Å². The van der Waals surface area contributed by atoms with Crippen molar-refractivity contribution in [2.24, 2.45) is 0 Å². The average molecular weight is 860 g/mol. The number of anilines is 4. The smallest absolute Gasteiger partial charge is 0.293 e. The summed E-state index contributed by atoms with van der Waals surface area (Å²) in [5, 5.41) is 11.3. The number of ether oxygens (including phenoxy) is 3. The topological polar surface area (TPSA) is 216 Å². The van der Waals surface area contributed by atoms with Crippen molar-refractivity contribution >= 4 is 58.5 Å². The summed E-state index contributed by atoms with van der Waals surface area (Å²) < 4.78 is 18.8. The number of aromatic nitrogens is 4. The van der Waals surface area contributed by atoms with Crippen molar-refractivity contribution in [3.63, 3.8) is 0 Å². The van der Waals surface area contributed by atoms with Gasteiger partial charge in [-0.3, -0.25) is 33.9 Å². The highest BCUT2D eigenvalue weighted by Crippen LogP contribution is 2.46. The molecule has 1 unspecified atom stereocenters. The van der Waals surface area contributed by atoms with Gasteiger partial charge < -0.3 is 44.8 Å². The Hall–Kier alpha value is -6.91. The summed E-state index contributed by atoms with van der Waals surface area (Å²) in [6, 6.07) is 9.61. The molecule has 8 rings (SSSR count). The Labute approximate surface area is 363 Å². The van der Waals surface area contributed by atoms with Gasteiger partial charge in [0.05, 0.1) is 63.6 Å². The monoisotopic (exact) mass is 859 g/mol. The summed E-state index contributed by atoms with van der Waals surface area (Å²) in [4.78, 5) is 84.4. The highest BCUT2D eigenvalue weighted by molar-refractivity contribution is 6.07. The van der Waals surface area contributed by atoms with Crippen LogP contribution in [0, 0.1) is 6.57 Å². The number of imidazole rings is 1. The number of rotatable bonds is 17. The van der Waals surface area contributed by atoms with E-state index < -0.39 is 11.9 Å². The fourth-order valence-corrected chi connectivity index (χ4v) is 8.80. The Morgan fingerprint density at radius 1 is 1.00 bits per heavy atom. The van der Waals surface area contributed by atoms with Crippen molar-refractivity contribution in [2.75, 3.05) is 55.6 Å². The van der Waals surface area contributed by atoms with E-state index in [1.807, 2.05) is 4.57 Å². The van der Waals surface area contributed by atoms with E-state index in [4.69, 9.17) is 25.8 Å². The number of hydrogen-bond donors (Lipinski definition) is 4. The third kappa shape index (κ3) is 8.90. The first-order chi connectivity index (χ1) is 30.7. The van der Waals surface area contributed by atoms with E-state index in [9.17, 15) is 24.0 Å². The molecule has 2 aromatic heterocycles. The van der Waals surface area contributed by atoms with Crippen LogP contribution in [0.2, 0.25) is 0 Å². The summed E-state index contributed by atoms with van der Waals surface area (Å²) in [5.41, 5.74) is 4.16. The van der Waals surface area contributed by atoms with E-state index in [1.165, 1.54) is 12.0 Å². The lowest BCUT2D eigenvalue weighted by molar-refractivity contribution is -0.137. The first-order valence-corrected chi connectivity index (χ1v) is 21.2. The van der Waals surface area contributed by atoms with Crippen LogP contribution in [0.3, 0.4) is 0 Å². The second-order valence-corrected chi connectivity index (χ2v) is 15.7. The lowest BCUT2D eigenvalue weighted by Crippen LogP contribution is -2.52. The van der Waals surface area contributed by atoms with Crippen molar-refractivity contribution in [3.05, 3.63) is 82.7 Å². The molecule has 5 amide bonds. The predicted octanol–water partition coefficient (Wildman–Crippen LogP) is 4.73. The van der Waals surface area contributed by atoms with Crippen molar-refractivity contribution in [2.45, 2.75) is 83.0 Å². The number of amides is 5. The number of fused-ring (bicyclic) bond motifs is 4. The normalized spacial score (nSPS) is 18.0. The second-order valence-electron chi connectivity index (χ2n) is 15.7. The Kier molecular flexibility index (Phi) is 12.9. The molecule has 2 fully saturated rings. The summed E-state index contributed by atoms with van der Waals surface area (Å²) in [6.07, 6.45) is 9.09. The largest absolute Gasteiger partial charge is 0.495 e. The molecule has 2 aromatic carbocycles. The van der Waals surface area contributed by atoms with Crippen LogP contribution in [-0.4, -0.2) is 106 Å². The SMILES string of the molecule is [C-]#[N+]c1ncn2c1[C@@H](CC)N(C1CCCC1)c1nc(Nc3ccc(C(=O)NCCOCCOCCC(=O)Nc4cccc5c4CN(C4CCC(=O)NC4=O)C5=O)cc3OC)ncc1-2. The van der Waals surface area contributed by atoms with Gasteiger partial charge in [-0.15, -0.1) is 4.98 Å². The van der Waals surface area contributed by atoms with Crippen LogP contribution in [0.15, 0.2) is 48.9 Å². The molecule has 0 bridgehead atoms. The number of benzene rings is 2. The molecule has 3 aliphatic heterocycles. The van der Waals surface area contributed by atoms with Crippen molar-refractivity contribution < 1.29 is 38.2 Å². The predicted molar refractivity (Wildman–Crippen MR) is 229 cm³/mol.